The minimum absolute atomic E-state index is 0.00148. The van der Waals surface area contributed by atoms with Gasteiger partial charge in [0.2, 0.25) is 41.4 Å². The number of hydrogen-bond acceptors (Lipinski definition) is 16. The molecule has 28 heteroatoms. The first kappa shape index (κ1) is 74.3. The van der Waals surface area contributed by atoms with Gasteiger partial charge in [0.25, 0.3) is 5.91 Å². The van der Waals surface area contributed by atoms with Gasteiger partial charge in [0, 0.05) is 56.8 Å². The third kappa shape index (κ3) is 29.3. The molecule has 0 radical (unpaired) electrons. The van der Waals surface area contributed by atoms with Gasteiger partial charge in [-0.1, -0.05) is 83.4 Å². The number of amides is 12. The Hall–Kier alpha value is -9.18. The average Bonchev–Trinajstić information content (AvgIpc) is 2.87. The van der Waals surface area contributed by atoms with E-state index in [9.17, 15) is 57.5 Å². The Kier molecular flexibility index (Phi) is 32.4. The van der Waals surface area contributed by atoms with Crippen molar-refractivity contribution in [2.75, 3.05) is 56.7 Å². The molecule has 5 unspecified atom stereocenters. The highest BCUT2D eigenvalue weighted by molar-refractivity contribution is 6.01. The molecule has 0 bridgehead atoms. The summed E-state index contributed by atoms with van der Waals surface area (Å²) in [7, 11) is 0. The molecule has 14 N–H and O–H groups in total. The van der Waals surface area contributed by atoms with E-state index in [1.807, 2.05) is 24.3 Å². The van der Waals surface area contributed by atoms with Crippen LogP contribution in [0.25, 0.3) is 0 Å². The Balaban J connectivity index is 1.46. The van der Waals surface area contributed by atoms with E-state index in [-0.39, 0.29) is 97.3 Å². The van der Waals surface area contributed by atoms with Crippen molar-refractivity contribution in [2.45, 2.75) is 149 Å². The SMILES string of the molecule is CC(=O)OCc1ccc(NC(=O)C(CCCNC(N)=O)NC(=O)C(NC(=O)CC(NC(=O)CCOCCOCCNC(=O)c2ccc(CC3CCC3)cc2)C(=O)NC(C(=O)NC(CCCNC(N)=O)C(=O)Nc2ccc(COC(C)=O)cc2)C(C)C)C(C)C)cc1. The highest BCUT2D eigenvalue weighted by Gasteiger charge is 2.35. The molecule has 0 saturated heterocycles. The first-order chi connectivity index (χ1) is 43.4. The number of urea groups is 2. The summed E-state index contributed by atoms with van der Waals surface area (Å²) in [5.41, 5.74) is 14.2. The molecule has 0 aliphatic heterocycles. The number of ether oxygens (including phenoxy) is 4. The third-order valence-electron chi connectivity index (χ3n) is 14.4. The fraction of sp³-hybridized carbons (Fsp3) is 0.524. The molecule has 91 heavy (non-hydrogen) atoms. The number of primary amides is 2. The van der Waals surface area contributed by atoms with Gasteiger partial charge < -0.3 is 83.6 Å². The maximum atomic E-state index is 14.4. The van der Waals surface area contributed by atoms with Crippen LogP contribution in [0.2, 0.25) is 0 Å². The average molecular weight is 1270 g/mol. The molecule has 5 atom stereocenters. The molecule has 0 aromatic heterocycles. The van der Waals surface area contributed by atoms with Crippen LogP contribution < -0.4 is 64.6 Å². The summed E-state index contributed by atoms with van der Waals surface area (Å²) in [6, 6.07) is 11.9. The number of benzene rings is 3. The monoisotopic (exact) mass is 1270 g/mol. The maximum Gasteiger partial charge on any atom is 0.312 e. The lowest BCUT2D eigenvalue weighted by atomic mass is 9.81. The Morgan fingerprint density at radius 2 is 0.945 bits per heavy atom. The minimum Gasteiger partial charge on any atom is -0.461 e. The van der Waals surface area contributed by atoms with Gasteiger partial charge >= 0.3 is 24.0 Å². The molecule has 1 fully saturated rings. The van der Waals surface area contributed by atoms with Crippen LogP contribution in [0, 0.1) is 17.8 Å². The maximum absolute atomic E-state index is 14.4. The van der Waals surface area contributed by atoms with Crippen molar-refractivity contribution in [3.05, 3.63) is 95.1 Å². The van der Waals surface area contributed by atoms with E-state index in [4.69, 9.17) is 30.4 Å². The predicted molar refractivity (Wildman–Crippen MR) is 335 cm³/mol. The van der Waals surface area contributed by atoms with Crippen molar-refractivity contribution in [3.8, 4) is 0 Å². The van der Waals surface area contributed by atoms with Crippen molar-refractivity contribution in [1.82, 2.24) is 42.5 Å². The number of carbonyl (C=O) groups excluding carboxylic acids is 12. The second-order valence-electron chi connectivity index (χ2n) is 22.7. The molecule has 498 valence electrons. The molecule has 3 aromatic carbocycles. The molecular weight excluding hydrogens is 1180 g/mol. The number of nitrogens with two attached hydrogens (primary N) is 2. The van der Waals surface area contributed by atoms with Crippen LogP contribution in [-0.4, -0.2) is 148 Å². The zero-order chi connectivity index (χ0) is 66.8. The number of esters is 2. The summed E-state index contributed by atoms with van der Waals surface area (Å²) in [4.78, 5) is 156. The number of rotatable bonds is 40. The van der Waals surface area contributed by atoms with Gasteiger partial charge in [-0.2, -0.15) is 0 Å². The fourth-order valence-corrected chi connectivity index (χ4v) is 9.16. The third-order valence-corrected chi connectivity index (χ3v) is 14.4. The van der Waals surface area contributed by atoms with E-state index in [2.05, 4.69) is 53.2 Å². The van der Waals surface area contributed by atoms with Crippen LogP contribution in [0.5, 0.6) is 0 Å². The summed E-state index contributed by atoms with van der Waals surface area (Å²) >= 11 is 0. The van der Waals surface area contributed by atoms with Crippen molar-refractivity contribution >= 4 is 82.6 Å². The largest absolute Gasteiger partial charge is 0.461 e. The van der Waals surface area contributed by atoms with Crippen molar-refractivity contribution < 1.29 is 76.5 Å². The van der Waals surface area contributed by atoms with Crippen LogP contribution in [-0.2, 0) is 81.7 Å². The molecule has 12 amide bonds. The van der Waals surface area contributed by atoms with E-state index < -0.39 is 114 Å². The molecule has 4 rings (SSSR count). The van der Waals surface area contributed by atoms with Gasteiger partial charge in [-0.05, 0) is 103 Å². The standard InChI is InChI=1S/C63H90N12O16/c1-38(2)54(60(84)72-49(12-8-27-67-62(64)86)57(81)69-47-22-16-44(17-23-47)36-90-40(5)76)74-53(79)35-51(71-52(78)26-30-88-32-33-89-31-29-66-56(80)46-20-14-43(15-21-46)34-42-10-7-11-42)59(83)75-55(39(3)4)61(85)73-50(13-9-28-68-63(65)87)58(82)70-48-24-18-45(19-25-48)37-91-41(6)77/h14-25,38-39,42,49-51,54-55H,7-13,26-37H2,1-6H3,(H,66,80)(H,69,81)(H,70,82)(H,71,78)(H,72,84)(H,73,85)(H,74,79)(H,75,83)(H3,64,67,86)(H3,65,68,87). The molecule has 0 heterocycles. The van der Waals surface area contributed by atoms with Crippen LogP contribution in [0.4, 0.5) is 21.0 Å². The molecule has 0 spiro atoms. The number of hydrogen-bond donors (Lipinski definition) is 12. The molecule has 1 aliphatic rings. The normalized spacial score (nSPS) is 13.5. The van der Waals surface area contributed by atoms with Gasteiger partial charge in [0.15, 0.2) is 0 Å². The quantitative estimate of drug-likeness (QED) is 0.0288. The molecule has 28 nitrogen and oxygen atoms in total. The van der Waals surface area contributed by atoms with E-state index >= 15 is 0 Å². The van der Waals surface area contributed by atoms with Gasteiger partial charge in [-0.3, -0.25) is 47.9 Å². The van der Waals surface area contributed by atoms with Crippen LogP contribution in [0.1, 0.15) is 126 Å². The van der Waals surface area contributed by atoms with Crippen LogP contribution >= 0.6 is 0 Å². The predicted octanol–water partition coefficient (Wildman–Crippen LogP) is 2.61. The lowest BCUT2D eigenvalue weighted by Gasteiger charge is -2.28. The topological polar surface area (TPSA) is 414 Å². The summed E-state index contributed by atoms with van der Waals surface area (Å²) < 4.78 is 21.3. The van der Waals surface area contributed by atoms with Gasteiger partial charge in [0.1, 0.15) is 43.4 Å². The zero-order valence-electron chi connectivity index (χ0n) is 52.7. The molecule has 1 saturated carbocycles. The molecular formula is C63H90N12O16. The van der Waals surface area contributed by atoms with E-state index in [1.165, 1.54) is 38.7 Å². The summed E-state index contributed by atoms with van der Waals surface area (Å²) in [5.74, 6) is -7.33. The summed E-state index contributed by atoms with van der Waals surface area (Å²) in [6.07, 6.45) is 4.01. The van der Waals surface area contributed by atoms with Crippen LogP contribution in [0.15, 0.2) is 72.8 Å². The first-order valence-electron chi connectivity index (χ1n) is 30.5. The van der Waals surface area contributed by atoms with Crippen molar-refractivity contribution in [3.63, 3.8) is 0 Å². The van der Waals surface area contributed by atoms with Crippen LogP contribution in [0.3, 0.4) is 0 Å². The minimum atomic E-state index is -1.68. The fourth-order valence-electron chi connectivity index (χ4n) is 9.16. The highest BCUT2D eigenvalue weighted by Crippen LogP contribution is 2.30. The summed E-state index contributed by atoms with van der Waals surface area (Å²) in [6.45, 7) is 9.55. The summed E-state index contributed by atoms with van der Waals surface area (Å²) in [5, 5.41) is 26.3. The zero-order valence-corrected chi connectivity index (χ0v) is 52.7. The van der Waals surface area contributed by atoms with E-state index in [0.717, 1.165) is 6.42 Å². The second-order valence-corrected chi connectivity index (χ2v) is 22.7. The molecule has 3 aromatic rings. The van der Waals surface area contributed by atoms with E-state index in [1.54, 1.807) is 76.2 Å². The highest BCUT2D eigenvalue weighted by atomic mass is 16.5. The van der Waals surface area contributed by atoms with Crippen molar-refractivity contribution in [2.24, 2.45) is 29.2 Å². The Labute approximate surface area is 530 Å². The lowest BCUT2D eigenvalue weighted by Crippen LogP contribution is -2.59. The number of nitrogens with one attached hydrogen (secondary N) is 10. The number of anilines is 2. The Morgan fingerprint density at radius 3 is 1.38 bits per heavy atom. The van der Waals surface area contributed by atoms with E-state index in [0.29, 0.717) is 34.0 Å². The van der Waals surface area contributed by atoms with Gasteiger partial charge in [-0.25, -0.2) is 9.59 Å². The van der Waals surface area contributed by atoms with Gasteiger partial charge in [0.05, 0.1) is 32.8 Å². The van der Waals surface area contributed by atoms with Gasteiger partial charge in [-0.15, -0.1) is 0 Å². The smallest absolute Gasteiger partial charge is 0.312 e. The molecule has 1 aliphatic carbocycles. The van der Waals surface area contributed by atoms with Crippen molar-refractivity contribution in [1.29, 1.82) is 0 Å². The Bertz CT molecular complexity index is 2910. The second kappa shape index (κ2) is 39.7. The number of carbonyl (C=O) groups is 12. The first-order valence-corrected chi connectivity index (χ1v) is 30.5. The lowest BCUT2D eigenvalue weighted by molar-refractivity contribution is -0.143. The Morgan fingerprint density at radius 1 is 0.484 bits per heavy atom.